The molecule has 2 nitrogen and oxygen atoms in total. The highest BCUT2D eigenvalue weighted by atomic mass is 19.4. The summed E-state index contributed by atoms with van der Waals surface area (Å²) in [5, 5.41) is 3.17. The van der Waals surface area contributed by atoms with E-state index in [0.29, 0.717) is 30.6 Å². The van der Waals surface area contributed by atoms with Crippen LogP contribution >= 0.6 is 0 Å². The van der Waals surface area contributed by atoms with Gasteiger partial charge in [0, 0.05) is 17.9 Å². The summed E-state index contributed by atoms with van der Waals surface area (Å²) in [7, 11) is 0. The molecule has 0 unspecified atom stereocenters. The second-order valence-electron chi connectivity index (χ2n) is 7.07. The lowest BCUT2D eigenvalue weighted by atomic mass is 9.84. The number of hydrogen-bond acceptors (Lipinski definition) is 2. The van der Waals surface area contributed by atoms with E-state index in [2.05, 4.69) is 10.3 Å². The van der Waals surface area contributed by atoms with Crippen molar-refractivity contribution in [2.45, 2.75) is 24.2 Å². The Hall–Kier alpha value is -2.51. The molecule has 148 valence electrons. The number of nitrogens with zero attached hydrogens (tertiary/aromatic N) is 1. The van der Waals surface area contributed by atoms with Gasteiger partial charge >= 0.3 is 12.4 Å². The highest BCUT2D eigenvalue weighted by Gasteiger charge is 2.59. The van der Waals surface area contributed by atoms with E-state index in [0.717, 1.165) is 30.1 Å². The van der Waals surface area contributed by atoms with Gasteiger partial charge in [-0.3, -0.25) is 4.99 Å². The summed E-state index contributed by atoms with van der Waals surface area (Å²) < 4.78 is 77.4. The average molecular weight is 398 g/mol. The molecular weight excluding hydrogens is 382 g/mol. The quantitative estimate of drug-likeness (QED) is 0.721. The third-order valence-electron chi connectivity index (χ3n) is 5.45. The number of halogens is 6. The Kier molecular flexibility index (Phi) is 4.21. The first-order chi connectivity index (χ1) is 13.1. The molecule has 8 heteroatoms. The fourth-order valence-electron chi connectivity index (χ4n) is 3.96. The third-order valence-corrected chi connectivity index (χ3v) is 5.45. The highest BCUT2D eigenvalue weighted by molar-refractivity contribution is 5.91. The van der Waals surface area contributed by atoms with Gasteiger partial charge in [0.05, 0.1) is 17.7 Å². The maximum atomic E-state index is 12.9. The van der Waals surface area contributed by atoms with Gasteiger partial charge in [-0.1, -0.05) is 24.3 Å². The molecule has 1 atom stereocenters. The molecule has 2 aromatic carbocycles. The van der Waals surface area contributed by atoms with E-state index in [4.69, 9.17) is 0 Å². The van der Waals surface area contributed by atoms with Crippen LogP contribution in [0.5, 0.6) is 0 Å². The van der Waals surface area contributed by atoms with Gasteiger partial charge in [0.2, 0.25) is 0 Å². The predicted octanol–water partition coefficient (Wildman–Crippen LogP) is 5.03. The first-order valence-corrected chi connectivity index (χ1v) is 8.76. The standard InChI is InChI=1S/C20H16F6N2/c21-19(22,23)14-5-1-12(2-6-14)18(11-16(18)17-27-9-10-28-17)13-3-7-15(8-4-13)20(24,25)26/h1-8,16H,9-11H2,(H,27,28)/t16-/m1/s1. The third kappa shape index (κ3) is 3.14. The van der Waals surface area contributed by atoms with Crippen molar-refractivity contribution in [3.63, 3.8) is 0 Å². The van der Waals surface area contributed by atoms with E-state index >= 15 is 0 Å². The lowest BCUT2D eigenvalue weighted by Gasteiger charge is -2.21. The second-order valence-corrected chi connectivity index (χ2v) is 7.07. The Morgan fingerprint density at radius 1 is 0.786 bits per heavy atom. The summed E-state index contributed by atoms with van der Waals surface area (Å²) in [5.74, 6) is 0.670. The zero-order valence-corrected chi connectivity index (χ0v) is 14.5. The molecule has 1 fully saturated rings. The van der Waals surface area contributed by atoms with Gasteiger partial charge in [0.1, 0.15) is 5.84 Å². The molecule has 4 rings (SSSR count). The maximum Gasteiger partial charge on any atom is 0.416 e. The Morgan fingerprint density at radius 2 is 1.25 bits per heavy atom. The van der Waals surface area contributed by atoms with Crippen molar-refractivity contribution in [3.05, 3.63) is 70.8 Å². The fraction of sp³-hybridized carbons (Fsp3) is 0.350. The predicted molar refractivity (Wildman–Crippen MR) is 92.1 cm³/mol. The van der Waals surface area contributed by atoms with Crippen molar-refractivity contribution in [3.8, 4) is 0 Å². The summed E-state index contributed by atoms with van der Waals surface area (Å²) in [6.45, 7) is 1.30. The molecule has 28 heavy (non-hydrogen) atoms. The Bertz CT molecular complexity index is 837. The van der Waals surface area contributed by atoms with Gasteiger partial charge < -0.3 is 5.32 Å². The molecule has 2 aliphatic rings. The van der Waals surface area contributed by atoms with E-state index in [1.54, 1.807) is 0 Å². The van der Waals surface area contributed by atoms with Crippen molar-refractivity contribution in [1.82, 2.24) is 5.32 Å². The van der Waals surface area contributed by atoms with Crippen molar-refractivity contribution in [1.29, 1.82) is 0 Å². The van der Waals surface area contributed by atoms with Crippen molar-refractivity contribution >= 4 is 5.84 Å². The van der Waals surface area contributed by atoms with Gasteiger partial charge in [-0.25, -0.2) is 0 Å². The number of rotatable bonds is 3. The molecule has 0 amide bonds. The minimum absolute atomic E-state index is 0.0940. The number of amidine groups is 1. The SMILES string of the molecule is FC(F)(F)c1ccc(C2(c3ccc(C(F)(F)F)cc3)C[C@@H]2C2=NCCN2)cc1. The zero-order valence-electron chi connectivity index (χ0n) is 14.5. The van der Waals surface area contributed by atoms with Gasteiger partial charge in [0.25, 0.3) is 0 Å². The maximum absolute atomic E-state index is 12.9. The first kappa shape index (κ1) is 18.8. The lowest BCUT2D eigenvalue weighted by Crippen LogP contribution is -2.26. The van der Waals surface area contributed by atoms with Gasteiger partial charge in [-0.05, 0) is 41.8 Å². The fourth-order valence-corrected chi connectivity index (χ4v) is 3.96. The van der Waals surface area contributed by atoms with Gasteiger partial charge in [0.15, 0.2) is 0 Å². The normalized spacial score (nSPS) is 21.2. The zero-order chi connectivity index (χ0) is 20.2. The summed E-state index contributed by atoms with van der Waals surface area (Å²) in [5.41, 5.74) is -0.909. The minimum atomic E-state index is -4.44. The number of aliphatic imine (C=N–C) groups is 1. The molecule has 0 spiro atoms. The van der Waals surface area contributed by atoms with E-state index in [9.17, 15) is 26.3 Å². The molecule has 1 heterocycles. The van der Waals surface area contributed by atoms with E-state index in [1.165, 1.54) is 24.3 Å². The van der Waals surface area contributed by atoms with Crippen LogP contribution in [0.2, 0.25) is 0 Å². The highest BCUT2D eigenvalue weighted by Crippen LogP contribution is 2.59. The molecular formula is C20H16F6N2. The van der Waals surface area contributed by atoms with Crippen LogP contribution in [0.1, 0.15) is 28.7 Å². The van der Waals surface area contributed by atoms with Crippen LogP contribution in [0, 0.1) is 5.92 Å². The van der Waals surface area contributed by atoms with E-state index in [-0.39, 0.29) is 5.92 Å². The topological polar surface area (TPSA) is 24.4 Å². The Balaban J connectivity index is 1.74. The van der Waals surface area contributed by atoms with E-state index < -0.39 is 28.9 Å². The molecule has 2 aromatic rings. The largest absolute Gasteiger partial charge is 0.416 e. The molecule has 1 N–H and O–H groups in total. The number of hydrogen-bond donors (Lipinski definition) is 1. The molecule has 1 aliphatic carbocycles. The number of nitrogens with one attached hydrogen (secondary N) is 1. The monoisotopic (exact) mass is 398 g/mol. The minimum Gasteiger partial charge on any atom is -0.372 e. The van der Waals surface area contributed by atoms with Crippen LogP contribution < -0.4 is 5.32 Å². The number of alkyl halides is 6. The first-order valence-electron chi connectivity index (χ1n) is 8.76. The van der Waals surface area contributed by atoms with Crippen LogP contribution in [-0.2, 0) is 17.8 Å². The summed E-state index contributed by atoms with van der Waals surface area (Å²) in [6.07, 6.45) is -8.31. The molecule has 0 aromatic heterocycles. The summed E-state index contributed by atoms with van der Waals surface area (Å²) in [4.78, 5) is 4.40. The van der Waals surface area contributed by atoms with E-state index in [1.807, 2.05) is 0 Å². The van der Waals surface area contributed by atoms with Crippen LogP contribution in [-0.4, -0.2) is 18.9 Å². The summed E-state index contributed by atoms with van der Waals surface area (Å²) in [6, 6.07) is 9.71. The lowest BCUT2D eigenvalue weighted by molar-refractivity contribution is -0.138. The number of benzene rings is 2. The average Bonchev–Trinajstić information content (AvgIpc) is 3.16. The van der Waals surface area contributed by atoms with Crippen LogP contribution in [0.3, 0.4) is 0 Å². The van der Waals surface area contributed by atoms with Crippen molar-refractivity contribution < 1.29 is 26.3 Å². The summed E-state index contributed by atoms with van der Waals surface area (Å²) >= 11 is 0. The molecule has 0 radical (unpaired) electrons. The van der Waals surface area contributed by atoms with Gasteiger partial charge in [-0.2, -0.15) is 26.3 Å². The second kappa shape index (κ2) is 6.25. The molecule has 1 saturated carbocycles. The van der Waals surface area contributed by atoms with Crippen LogP contribution in [0.4, 0.5) is 26.3 Å². The smallest absolute Gasteiger partial charge is 0.372 e. The molecule has 1 aliphatic heterocycles. The van der Waals surface area contributed by atoms with Crippen molar-refractivity contribution in [2.24, 2.45) is 10.9 Å². The molecule has 0 saturated heterocycles. The van der Waals surface area contributed by atoms with Crippen molar-refractivity contribution in [2.75, 3.05) is 13.1 Å². The van der Waals surface area contributed by atoms with Gasteiger partial charge in [-0.15, -0.1) is 0 Å². The Labute approximate surface area is 157 Å². The Morgan fingerprint density at radius 3 is 1.61 bits per heavy atom. The van der Waals surface area contributed by atoms with Crippen LogP contribution in [0.15, 0.2) is 53.5 Å². The molecule has 0 bridgehead atoms. The van der Waals surface area contributed by atoms with Crippen LogP contribution in [0.25, 0.3) is 0 Å².